The first-order valence-electron chi connectivity index (χ1n) is 9.56. The van der Waals surface area contributed by atoms with E-state index in [0.717, 1.165) is 51.1 Å². The Morgan fingerprint density at radius 2 is 1.64 bits per heavy atom. The van der Waals surface area contributed by atoms with Crippen molar-refractivity contribution >= 4 is 5.91 Å². The molecule has 1 saturated heterocycles. The van der Waals surface area contributed by atoms with Crippen LogP contribution >= 0.6 is 0 Å². The van der Waals surface area contributed by atoms with Crippen LogP contribution < -0.4 is 0 Å². The maximum Gasteiger partial charge on any atom is 0.236 e. The van der Waals surface area contributed by atoms with Gasteiger partial charge in [0.2, 0.25) is 5.91 Å². The quantitative estimate of drug-likeness (QED) is 0.819. The highest BCUT2D eigenvalue weighted by Gasteiger charge is 2.25. The first-order valence-corrected chi connectivity index (χ1v) is 9.56. The standard InChI is InChI=1S/C20H30FN3O/c1-22(19-5-3-2-4-6-19)20(25)16-24-13-11-23(12-14-24)15-17-7-9-18(21)10-8-17/h7-10,19H,2-6,11-16H2,1H3. The SMILES string of the molecule is CN(C(=O)CN1CCN(Cc2ccc(F)cc2)CC1)C1CCCCC1. The molecule has 0 N–H and O–H groups in total. The van der Waals surface area contributed by atoms with Crippen molar-refractivity contribution in [2.24, 2.45) is 0 Å². The maximum atomic E-state index is 13.0. The fourth-order valence-corrected chi connectivity index (χ4v) is 3.93. The lowest BCUT2D eigenvalue weighted by Gasteiger charge is -2.37. The molecule has 2 aliphatic rings. The molecule has 0 unspecified atom stereocenters. The van der Waals surface area contributed by atoms with E-state index in [-0.39, 0.29) is 11.7 Å². The van der Waals surface area contributed by atoms with Crippen molar-refractivity contribution in [1.82, 2.24) is 14.7 Å². The maximum absolute atomic E-state index is 13.0. The molecular weight excluding hydrogens is 317 g/mol. The largest absolute Gasteiger partial charge is 0.342 e. The summed E-state index contributed by atoms with van der Waals surface area (Å²) in [6, 6.07) is 7.19. The monoisotopic (exact) mass is 347 g/mol. The second kappa shape index (κ2) is 8.77. The second-order valence-corrected chi connectivity index (χ2v) is 7.48. The van der Waals surface area contributed by atoms with Crippen LogP contribution in [-0.4, -0.2) is 66.4 Å². The van der Waals surface area contributed by atoms with Gasteiger partial charge in [-0.2, -0.15) is 0 Å². The molecule has 0 radical (unpaired) electrons. The van der Waals surface area contributed by atoms with Gasteiger partial charge in [-0.3, -0.25) is 14.6 Å². The zero-order valence-corrected chi connectivity index (χ0v) is 15.3. The van der Waals surface area contributed by atoms with Crippen molar-refractivity contribution in [2.45, 2.75) is 44.7 Å². The zero-order chi connectivity index (χ0) is 17.6. The molecule has 138 valence electrons. The van der Waals surface area contributed by atoms with Gasteiger partial charge in [0, 0.05) is 45.8 Å². The molecule has 4 nitrogen and oxygen atoms in total. The van der Waals surface area contributed by atoms with Crippen LogP contribution in [0.1, 0.15) is 37.7 Å². The number of hydrogen-bond donors (Lipinski definition) is 0. The molecule has 0 spiro atoms. The van der Waals surface area contributed by atoms with Crippen LogP contribution in [0.5, 0.6) is 0 Å². The van der Waals surface area contributed by atoms with Crippen LogP contribution in [0.3, 0.4) is 0 Å². The first-order chi connectivity index (χ1) is 12.1. The Morgan fingerprint density at radius 1 is 1.04 bits per heavy atom. The van der Waals surface area contributed by atoms with Crippen molar-refractivity contribution in [2.75, 3.05) is 39.8 Å². The first kappa shape index (κ1) is 18.3. The zero-order valence-electron chi connectivity index (χ0n) is 15.3. The molecule has 0 bridgehead atoms. The molecular formula is C20H30FN3O. The number of hydrogen-bond acceptors (Lipinski definition) is 3. The molecule has 0 aromatic heterocycles. The Hall–Kier alpha value is -1.46. The van der Waals surface area contributed by atoms with Gasteiger partial charge < -0.3 is 4.90 Å². The van der Waals surface area contributed by atoms with Crippen molar-refractivity contribution < 1.29 is 9.18 Å². The number of carbonyl (C=O) groups is 1. The van der Waals surface area contributed by atoms with E-state index in [1.54, 1.807) is 0 Å². The summed E-state index contributed by atoms with van der Waals surface area (Å²) in [5, 5.41) is 0. The van der Waals surface area contributed by atoms with Crippen LogP contribution in [0.2, 0.25) is 0 Å². The summed E-state index contributed by atoms with van der Waals surface area (Å²) < 4.78 is 13.0. The molecule has 1 aromatic carbocycles. The lowest BCUT2D eigenvalue weighted by atomic mass is 9.94. The molecule has 2 fully saturated rings. The molecule has 1 aliphatic carbocycles. The predicted octanol–water partition coefficient (Wildman–Crippen LogP) is 2.73. The van der Waals surface area contributed by atoms with E-state index in [2.05, 4.69) is 9.80 Å². The van der Waals surface area contributed by atoms with E-state index < -0.39 is 0 Å². The Labute approximate surface area is 150 Å². The Balaban J connectivity index is 1.41. The fourth-order valence-electron chi connectivity index (χ4n) is 3.93. The molecule has 1 saturated carbocycles. The number of benzene rings is 1. The number of rotatable bonds is 5. The van der Waals surface area contributed by atoms with Gasteiger partial charge in [0.1, 0.15) is 5.82 Å². The summed E-state index contributed by atoms with van der Waals surface area (Å²) in [5.74, 6) is 0.0769. The highest BCUT2D eigenvalue weighted by Crippen LogP contribution is 2.21. The van der Waals surface area contributed by atoms with Gasteiger partial charge in [-0.15, -0.1) is 0 Å². The second-order valence-electron chi connectivity index (χ2n) is 7.48. The summed E-state index contributed by atoms with van der Waals surface area (Å²) in [7, 11) is 1.98. The normalized spacial score (nSPS) is 20.6. The van der Waals surface area contributed by atoms with Gasteiger partial charge in [-0.1, -0.05) is 31.4 Å². The highest BCUT2D eigenvalue weighted by atomic mass is 19.1. The van der Waals surface area contributed by atoms with Crippen LogP contribution in [-0.2, 0) is 11.3 Å². The van der Waals surface area contributed by atoms with E-state index in [0.29, 0.717) is 12.6 Å². The lowest BCUT2D eigenvalue weighted by molar-refractivity contribution is -0.134. The number of amides is 1. The topological polar surface area (TPSA) is 26.8 Å². The van der Waals surface area contributed by atoms with Crippen molar-refractivity contribution in [3.8, 4) is 0 Å². The molecule has 1 amide bonds. The predicted molar refractivity (Wildman–Crippen MR) is 97.8 cm³/mol. The van der Waals surface area contributed by atoms with Crippen molar-refractivity contribution in [1.29, 1.82) is 0 Å². The Bertz CT molecular complexity index is 549. The van der Waals surface area contributed by atoms with Crippen LogP contribution in [0.25, 0.3) is 0 Å². The van der Waals surface area contributed by atoms with Gasteiger partial charge in [-0.05, 0) is 30.5 Å². The summed E-state index contributed by atoms with van der Waals surface area (Å²) in [5.41, 5.74) is 1.14. The van der Waals surface area contributed by atoms with E-state index in [9.17, 15) is 9.18 Å². The molecule has 5 heteroatoms. The third-order valence-corrected chi connectivity index (χ3v) is 5.66. The number of likely N-dealkylation sites (N-methyl/N-ethyl adjacent to an activating group) is 1. The summed E-state index contributed by atoms with van der Waals surface area (Å²) >= 11 is 0. The Morgan fingerprint density at radius 3 is 2.28 bits per heavy atom. The van der Waals surface area contributed by atoms with E-state index >= 15 is 0 Å². The van der Waals surface area contributed by atoms with Gasteiger partial charge in [0.15, 0.2) is 0 Å². The summed E-state index contributed by atoms with van der Waals surface area (Å²) in [6.07, 6.45) is 6.14. The Kier molecular flexibility index (Phi) is 6.43. The van der Waals surface area contributed by atoms with Crippen LogP contribution in [0, 0.1) is 5.82 Å². The number of halogens is 1. The van der Waals surface area contributed by atoms with Gasteiger partial charge >= 0.3 is 0 Å². The van der Waals surface area contributed by atoms with Gasteiger partial charge in [0.05, 0.1) is 6.54 Å². The summed E-state index contributed by atoms with van der Waals surface area (Å²) in [6.45, 7) is 5.15. The smallest absolute Gasteiger partial charge is 0.236 e. The molecule has 0 atom stereocenters. The number of nitrogens with zero attached hydrogens (tertiary/aromatic N) is 3. The third kappa shape index (κ3) is 5.25. The van der Waals surface area contributed by atoms with E-state index in [4.69, 9.17) is 0 Å². The van der Waals surface area contributed by atoms with Crippen molar-refractivity contribution in [3.05, 3.63) is 35.6 Å². The van der Waals surface area contributed by atoms with Gasteiger partial charge in [-0.25, -0.2) is 4.39 Å². The number of carbonyl (C=O) groups excluding carboxylic acids is 1. The van der Waals surface area contributed by atoms with Crippen molar-refractivity contribution in [3.63, 3.8) is 0 Å². The third-order valence-electron chi connectivity index (χ3n) is 5.66. The molecule has 1 heterocycles. The average Bonchev–Trinajstić information content (AvgIpc) is 2.65. The minimum atomic E-state index is -0.186. The minimum absolute atomic E-state index is 0.186. The summed E-state index contributed by atoms with van der Waals surface area (Å²) in [4.78, 5) is 19.2. The average molecular weight is 347 g/mol. The highest BCUT2D eigenvalue weighted by molar-refractivity contribution is 5.78. The molecule has 3 rings (SSSR count). The minimum Gasteiger partial charge on any atom is -0.342 e. The molecule has 1 aromatic rings. The van der Waals surface area contributed by atoms with Gasteiger partial charge in [0.25, 0.3) is 0 Å². The van der Waals surface area contributed by atoms with Crippen LogP contribution in [0.15, 0.2) is 24.3 Å². The molecule has 1 aliphatic heterocycles. The van der Waals surface area contributed by atoms with E-state index in [1.165, 1.54) is 31.4 Å². The van der Waals surface area contributed by atoms with Crippen LogP contribution in [0.4, 0.5) is 4.39 Å². The van der Waals surface area contributed by atoms with E-state index in [1.807, 2.05) is 24.1 Å². The number of piperazine rings is 1. The fraction of sp³-hybridized carbons (Fsp3) is 0.650. The molecule has 25 heavy (non-hydrogen) atoms. The lowest BCUT2D eigenvalue weighted by Crippen LogP contribution is -2.50.